The van der Waals surface area contributed by atoms with Crippen LogP contribution in [0.25, 0.3) is 0 Å². The molecule has 0 bridgehead atoms. The van der Waals surface area contributed by atoms with Crippen molar-refractivity contribution in [1.82, 2.24) is 16.0 Å². The fourth-order valence-corrected chi connectivity index (χ4v) is 5.69. The maximum absolute atomic E-state index is 14.1. The van der Waals surface area contributed by atoms with Crippen molar-refractivity contribution >= 4 is 29.8 Å². The number of nitrogens with one attached hydrogen (secondary N) is 3. The molecule has 5 aromatic carbocycles. The molecule has 0 aliphatic heterocycles. The summed E-state index contributed by atoms with van der Waals surface area (Å²) in [6.45, 7) is 6.11. The van der Waals surface area contributed by atoms with Crippen molar-refractivity contribution in [2.45, 2.75) is 71.2 Å². The van der Waals surface area contributed by atoms with E-state index in [4.69, 9.17) is 23.7 Å². The van der Waals surface area contributed by atoms with Crippen molar-refractivity contribution in [3.63, 3.8) is 0 Å². The van der Waals surface area contributed by atoms with Crippen LogP contribution in [0, 0.1) is 0 Å². The van der Waals surface area contributed by atoms with Gasteiger partial charge < -0.3 is 39.6 Å². The molecule has 60 heavy (non-hydrogen) atoms. The van der Waals surface area contributed by atoms with Gasteiger partial charge in [0.25, 0.3) is 0 Å². The Bertz CT molecular complexity index is 2160. The minimum atomic E-state index is -1.53. The number of benzene rings is 5. The lowest BCUT2D eigenvalue weighted by Crippen LogP contribution is -2.54. The first-order chi connectivity index (χ1) is 28.8. The van der Waals surface area contributed by atoms with E-state index in [1.54, 1.807) is 93.6 Å². The van der Waals surface area contributed by atoms with E-state index in [1.807, 2.05) is 66.7 Å². The number of hydrogen-bond acceptors (Lipinski definition) is 10. The van der Waals surface area contributed by atoms with E-state index in [0.29, 0.717) is 35.8 Å². The van der Waals surface area contributed by atoms with Gasteiger partial charge in [0.05, 0.1) is 0 Å². The third-order valence-electron chi connectivity index (χ3n) is 8.68. The van der Waals surface area contributed by atoms with Crippen LogP contribution in [0.1, 0.15) is 67.6 Å². The largest absolute Gasteiger partial charge is 0.489 e. The molecule has 13 heteroatoms. The molecule has 0 saturated heterocycles. The molecular formula is C47H49N3O10. The molecule has 0 aliphatic rings. The highest BCUT2D eigenvalue weighted by molar-refractivity contribution is 5.94. The monoisotopic (exact) mass is 815 g/mol. The highest BCUT2D eigenvalue weighted by Gasteiger charge is 2.33. The standard InChI is InChI=1S/C47H49N3O10/c1-32(51)56-31-40(48-44(53)41(50-46(55)60-47(2,3)4)36-20-24-38(25-21-36)57-28-33-14-8-5-9-15-33)43(52)49-42(45(54)59-30-35-18-12-7-13-19-35)37-22-26-39(27-23-37)58-29-34-16-10-6-11-17-34/h5-27,40-42H,28-31H2,1-4H3,(H,48,53)(H,49,52)(H,50,55)/t40-,41+,42-/m0/s1. The van der Waals surface area contributed by atoms with Crippen molar-refractivity contribution in [3.8, 4) is 11.5 Å². The van der Waals surface area contributed by atoms with Crippen molar-refractivity contribution in [2.75, 3.05) is 6.61 Å². The van der Waals surface area contributed by atoms with Gasteiger partial charge in [0.2, 0.25) is 11.8 Å². The molecule has 5 rings (SSSR count). The fraction of sp³-hybridized carbons (Fsp3) is 0.255. The number of hydrogen-bond donors (Lipinski definition) is 3. The predicted octanol–water partition coefficient (Wildman–Crippen LogP) is 7.06. The van der Waals surface area contributed by atoms with Gasteiger partial charge in [-0.15, -0.1) is 0 Å². The maximum atomic E-state index is 14.1. The lowest BCUT2D eigenvalue weighted by atomic mass is 10.0. The van der Waals surface area contributed by atoms with Gasteiger partial charge in [-0.05, 0) is 72.9 Å². The number of alkyl carbamates (subject to hydrolysis) is 1. The molecule has 13 nitrogen and oxygen atoms in total. The molecule has 0 fully saturated rings. The first-order valence-corrected chi connectivity index (χ1v) is 19.3. The zero-order valence-electron chi connectivity index (χ0n) is 33.9. The molecule has 0 aromatic heterocycles. The molecule has 0 unspecified atom stereocenters. The van der Waals surface area contributed by atoms with Gasteiger partial charge in [-0.2, -0.15) is 0 Å². The van der Waals surface area contributed by atoms with Crippen molar-refractivity contribution in [1.29, 1.82) is 0 Å². The predicted molar refractivity (Wildman–Crippen MR) is 222 cm³/mol. The molecule has 3 atom stereocenters. The summed E-state index contributed by atoms with van der Waals surface area (Å²) in [6.07, 6.45) is -0.898. The first kappa shape index (κ1) is 44.0. The zero-order valence-corrected chi connectivity index (χ0v) is 33.9. The summed E-state index contributed by atoms with van der Waals surface area (Å²) in [5, 5.41) is 7.85. The summed E-state index contributed by atoms with van der Waals surface area (Å²) in [5.41, 5.74) is 2.43. The molecule has 3 N–H and O–H groups in total. The second kappa shape index (κ2) is 21.6. The van der Waals surface area contributed by atoms with Crippen LogP contribution >= 0.6 is 0 Å². The quantitative estimate of drug-likeness (QED) is 0.0616. The second-order valence-corrected chi connectivity index (χ2v) is 14.7. The molecule has 0 spiro atoms. The summed E-state index contributed by atoms with van der Waals surface area (Å²) in [4.78, 5) is 67.0. The van der Waals surface area contributed by atoms with Crippen LogP contribution in [0.3, 0.4) is 0 Å². The summed E-state index contributed by atoms with van der Waals surface area (Å²) in [7, 11) is 0. The lowest BCUT2D eigenvalue weighted by molar-refractivity contribution is -0.151. The Kier molecular flexibility index (Phi) is 15.8. The van der Waals surface area contributed by atoms with Crippen LogP contribution in [0.2, 0.25) is 0 Å². The number of esters is 2. The lowest BCUT2D eigenvalue weighted by Gasteiger charge is -2.26. The molecule has 3 amide bonds. The van der Waals surface area contributed by atoms with Crippen LogP contribution in [0.15, 0.2) is 140 Å². The Labute approximate surface area is 349 Å². The summed E-state index contributed by atoms with van der Waals surface area (Å²) in [5.74, 6) is -2.20. The van der Waals surface area contributed by atoms with E-state index in [1.165, 1.54) is 0 Å². The van der Waals surface area contributed by atoms with Crippen molar-refractivity contribution in [2.24, 2.45) is 0 Å². The summed E-state index contributed by atoms with van der Waals surface area (Å²) < 4.78 is 28.1. The maximum Gasteiger partial charge on any atom is 0.408 e. The van der Waals surface area contributed by atoms with Gasteiger partial charge in [-0.25, -0.2) is 9.59 Å². The Morgan fingerprint density at radius 3 is 1.42 bits per heavy atom. The van der Waals surface area contributed by atoms with E-state index < -0.39 is 60.2 Å². The fourth-order valence-electron chi connectivity index (χ4n) is 5.69. The van der Waals surface area contributed by atoms with E-state index in [9.17, 15) is 24.0 Å². The third-order valence-corrected chi connectivity index (χ3v) is 8.68. The van der Waals surface area contributed by atoms with Crippen molar-refractivity contribution in [3.05, 3.63) is 167 Å². The van der Waals surface area contributed by atoms with Crippen LogP contribution in [-0.2, 0) is 53.2 Å². The molecule has 0 saturated carbocycles. The van der Waals surface area contributed by atoms with E-state index in [-0.39, 0.29) is 6.61 Å². The number of ether oxygens (including phenoxy) is 5. The average molecular weight is 816 g/mol. The van der Waals surface area contributed by atoms with Crippen LogP contribution in [0.4, 0.5) is 4.79 Å². The molecule has 0 heterocycles. The Hall–Kier alpha value is -7.15. The van der Waals surface area contributed by atoms with Crippen LogP contribution in [0.5, 0.6) is 11.5 Å². The molecule has 312 valence electrons. The topological polar surface area (TPSA) is 168 Å². The molecule has 5 aromatic rings. The van der Waals surface area contributed by atoms with E-state index in [2.05, 4.69) is 16.0 Å². The second-order valence-electron chi connectivity index (χ2n) is 14.7. The number of carbonyl (C=O) groups is 5. The SMILES string of the molecule is CC(=O)OC[C@H](NC(=O)[C@H](NC(=O)OC(C)(C)C)c1ccc(OCc2ccccc2)cc1)C(=O)N[C@H](C(=O)OCc1ccccc1)c1ccc(OCc2ccccc2)cc1. The van der Waals surface area contributed by atoms with Gasteiger partial charge >= 0.3 is 18.0 Å². The zero-order chi connectivity index (χ0) is 42.9. The summed E-state index contributed by atoms with van der Waals surface area (Å²) in [6, 6.07) is 36.9. The third kappa shape index (κ3) is 14.3. The Morgan fingerprint density at radius 2 is 0.967 bits per heavy atom. The number of rotatable bonds is 18. The van der Waals surface area contributed by atoms with Gasteiger partial charge in [0.15, 0.2) is 6.04 Å². The minimum absolute atomic E-state index is 0.0774. The van der Waals surface area contributed by atoms with E-state index >= 15 is 0 Å². The Morgan fingerprint density at radius 1 is 0.517 bits per heavy atom. The van der Waals surface area contributed by atoms with Crippen molar-refractivity contribution < 1.29 is 47.7 Å². The molecule has 0 aliphatic carbocycles. The van der Waals surface area contributed by atoms with E-state index in [0.717, 1.165) is 23.6 Å². The summed E-state index contributed by atoms with van der Waals surface area (Å²) >= 11 is 0. The van der Waals surface area contributed by atoms with Crippen LogP contribution in [-0.4, -0.2) is 48.1 Å². The normalized spacial score (nSPS) is 12.4. The smallest absolute Gasteiger partial charge is 0.408 e. The van der Waals surface area contributed by atoms with Gasteiger partial charge in [0.1, 0.15) is 55.6 Å². The Balaban J connectivity index is 1.37. The molecular weight excluding hydrogens is 767 g/mol. The van der Waals surface area contributed by atoms with Gasteiger partial charge in [-0.3, -0.25) is 14.4 Å². The minimum Gasteiger partial charge on any atom is -0.489 e. The van der Waals surface area contributed by atoms with Gasteiger partial charge in [-0.1, -0.05) is 115 Å². The first-order valence-electron chi connectivity index (χ1n) is 19.3. The highest BCUT2D eigenvalue weighted by atomic mass is 16.6. The van der Waals surface area contributed by atoms with Gasteiger partial charge in [0, 0.05) is 6.92 Å². The average Bonchev–Trinajstić information content (AvgIpc) is 3.24. The number of carbonyl (C=O) groups excluding carboxylic acids is 5. The number of amides is 3. The highest BCUT2D eigenvalue weighted by Crippen LogP contribution is 2.23. The molecule has 0 radical (unpaired) electrons. The van der Waals surface area contributed by atoms with Crippen LogP contribution < -0.4 is 25.4 Å².